The van der Waals surface area contributed by atoms with Gasteiger partial charge < -0.3 is 20.2 Å². The number of nitrogens with zero attached hydrogens (tertiary/aromatic N) is 4. The summed E-state index contributed by atoms with van der Waals surface area (Å²) >= 11 is 0. The molecule has 2 amide bonds. The van der Waals surface area contributed by atoms with E-state index in [1.54, 1.807) is 6.07 Å². The van der Waals surface area contributed by atoms with Crippen molar-refractivity contribution in [1.82, 2.24) is 15.2 Å². The van der Waals surface area contributed by atoms with E-state index in [4.69, 9.17) is 5.11 Å². The zero-order valence-corrected chi connectivity index (χ0v) is 16.9. The maximum absolute atomic E-state index is 13.3. The van der Waals surface area contributed by atoms with Crippen LogP contribution in [0, 0.1) is 11.3 Å². The third kappa shape index (κ3) is 5.26. The largest absolute Gasteiger partial charge is 0.478 e. The number of pyridine rings is 1. The summed E-state index contributed by atoms with van der Waals surface area (Å²) in [4.78, 5) is 30.1. The van der Waals surface area contributed by atoms with E-state index < -0.39 is 23.4 Å². The standard InChI is InChI=1S/C21H20F3N5O3/c22-21(23,24)17-16(19(30)31)12-15(13-25)18(27-17)28-8-10-29(11-9-28)20(32)26-7-6-14-4-2-1-3-5-14/h1-5,12H,6-11H2,(H,26,32)(H,30,31). The molecule has 3 rings (SSSR count). The second-order valence-corrected chi connectivity index (χ2v) is 7.11. The van der Waals surface area contributed by atoms with Crippen LogP contribution < -0.4 is 10.2 Å². The molecule has 0 aliphatic carbocycles. The van der Waals surface area contributed by atoms with Crippen LogP contribution in [0.5, 0.6) is 0 Å². The topological polar surface area (TPSA) is 110 Å². The van der Waals surface area contributed by atoms with Gasteiger partial charge in [0, 0.05) is 32.7 Å². The number of carboxylic acid groups (broad SMARTS) is 1. The molecule has 2 N–H and O–H groups in total. The monoisotopic (exact) mass is 447 g/mol. The second kappa shape index (κ2) is 9.55. The Balaban J connectivity index is 1.66. The van der Waals surface area contributed by atoms with Gasteiger partial charge >= 0.3 is 18.2 Å². The molecule has 2 heterocycles. The van der Waals surface area contributed by atoms with Crippen LogP contribution in [0.2, 0.25) is 0 Å². The molecule has 0 bridgehead atoms. The first-order valence-electron chi connectivity index (χ1n) is 9.78. The number of amides is 2. The van der Waals surface area contributed by atoms with Gasteiger partial charge in [0.25, 0.3) is 0 Å². The number of hydrogen-bond acceptors (Lipinski definition) is 5. The van der Waals surface area contributed by atoms with Crippen molar-refractivity contribution in [3.8, 4) is 6.07 Å². The number of urea groups is 1. The number of alkyl halides is 3. The minimum absolute atomic E-state index is 0.150. The van der Waals surface area contributed by atoms with Gasteiger partial charge in [0.1, 0.15) is 11.9 Å². The van der Waals surface area contributed by atoms with Gasteiger partial charge in [-0.2, -0.15) is 18.4 Å². The lowest BCUT2D eigenvalue weighted by molar-refractivity contribution is -0.141. The van der Waals surface area contributed by atoms with E-state index in [1.807, 2.05) is 30.3 Å². The van der Waals surface area contributed by atoms with E-state index in [-0.39, 0.29) is 43.6 Å². The summed E-state index contributed by atoms with van der Waals surface area (Å²) in [7, 11) is 0. The van der Waals surface area contributed by atoms with Gasteiger partial charge in [-0.1, -0.05) is 30.3 Å². The number of nitrogens with one attached hydrogen (secondary N) is 1. The van der Waals surface area contributed by atoms with Crippen LogP contribution >= 0.6 is 0 Å². The number of halogens is 3. The van der Waals surface area contributed by atoms with Gasteiger partial charge in [-0.15, -0.1) is 0 Å². The fraction of sp³-hybridized carbons (Fsp3) is 0.333. The summed E-state index contributed by atoms with van der Waals surface area (Å²) in [6, 6.07) is 11.8. The lowest BCUT2D eigenvalue weighted by Crippen LogP contribution is -2.52. The molecule has 0 unspecified atom stereocenters. The summed E-state index contributed by atoms with van der Waals surface area (Å²) in [6.07, 6.45) is -4.32. The Morgan fingerprint density at radius 1 is 1.16 bits per heavy atom. The molecule has 2 aromatic rings. The van der Waals surface area contributed by atoms with Crippen LogP contribution in [-0.4, -0.2) is 59.7 Å². The minimum atomic E-state index is -4.99. The fourth-order valence-corrected chi connectivity index (χ4v) is 3.40. The van der Waals surface area contributed by atoms with Crippen LogP contribution in [0.25, 0.3) is 0 Å². The Bertz CT molecular complexity index is 1030. The molecule has 0 saturated carbocycles. The molecular formula is C21H20F3N5O3. The minimum Gasteiger partial charge on any atom is -0.478 e. The molecule has 8 nitrogen and oxygen atoms in total. The quantitative estimate of drug-likeness (QED) is 0.730. The molecule has 32 heavy (non-hydrogen) atoms. The van der Waals surface area contributed by atoms with Gasteiger partial charge in [-0.05, 0) is 18.1 Å². The van der Waals surface area contributed by atoms with Crippen molar-refractivity contribution in [2.75, 3.05) is 37.6 Å². The van der Waals surface area contributed by atoms with Crippen molar-refractivity contribution in [3.05, 3.63) is 58.8 Å². The molecule has 0 radical (unpaired) electrons. The molecule has 1 aromatic heterocycles. The summed E-state index contributed by atoms with van der Waals surface area (Å²) in [5.41, 5.74) is -1.82. The van der Waals surface area contributed by atoms with Crippen molar-refractivity contribution in [2.45, 2.75) is 12.6 Å². The Morgan fingerprint density at radius 3 is 2.38 bits per heavy atom. The molecule has 11 heteroatoms. The SMILES string of the molecule is N#Cc1cc(C(=O)O)c(C(F)(F)F)nc1N1CCN(C(=O)NCCc2ccccc2)CC1. The Hall–Kier alpha value is -3.81. The molecule has 1 aliphatic heterocycles. The first-order valence-corrected chi connectivity index (χ1v) is 9.78. The summed E-state index contributed by atoms with van der Waals surface area (Å²) in [6.45, 7) is 1.17. The zero-order valence-electron chi connectivity index (χ0n) is 16.9. The number of aromatic nitrogens is 1. The Kier molecular flexibility index (Phi) is 6.82. The smallest absolute Gasteiger partial charge is 0.434 e. The highest BCUT2D eigenvalue weighted by molar-refractivity contribution is 5.90. The lowest BCUT2D eigenvalue weighted by atomic mass is 10.1. The number of anilines is 1. The van der Waals surface area contributed by atoms with E-state index in [0.29, 0.717) is 19.0 Å². The van der Waals surface area contributed by atoms with E-state index in [1.165, 1.54) is 9.80 Å². The summed E-state index contributed by atoms with van der Waals surface area (Å²) in [5.74, 6) is -2.06. The number of rotatable bonds is 5. The average molecular weight is 447 g/mol. The van der Waals surface area contributed by atoms with Crippen molar-refractivity contribution in [1.29, 1.82) is 5.26 Å². The molecule has 1 aromatic carbocycles. The highest BCUT2D eigenvalue weighted by Crippen LogP contribution is 2.34. The normalized spacial score (nSPS) is 14.1. The summed E-state index contributed by atoms with van der Waals surface area (Å²) < 4.78 is 39.9. The molecule has 0 atom stereocenters. The van der Waals surface area contributed by atoms with Crippen LogP contribution in [0.4, 0.5) is 23.8 Å². The highest BCUT2D eigenvalue weighted by atomic mass is 19.4. The Labute approximate surface area is 181 Å². The predicted octanol–water partition coefficient (Wildman–Crippen LogP) is 2.74. The molecule has 1 fully saturated rings. The van der Waals surface area contributed by atoms with Gasteiger partial charge in [0.05, 0.1) is 11.1 Å². The van der Waals surface area contributed by atoms with Gasteiger partial charge in [0.15, 0.2) is 5.69 Å². The molecule has 1 aliphatic rings. The number of carbonyl (C=O) groups is 2. The maximum Gasteiger partial charge on any atom is 0.434 e. The number of piperazine rings is 1. The van der Waals surface area contributed by atoms with Crippen molar-refractivity contribution >= 4 is 17.8 Å². The lowest BCUT2D eigenvalue weighted by Gasteiger charge is -2.36. The molecule has 0 spiro atoms. The molecule has 168 valence electrons. The first kappa shape index (κ1) is 22.9. The highest BCUT2D eigenvalue weighted by Gasteiger charge is 2.39. The van der Waals surface area contributed by atoms with Crippen LogP contribution in [0.3, 0.4) is 0 Å². The third-order valence-corrected chi connectivity index (χ3v) is 5.02. The first-order chi connectivity index (χ1) is 15.2. The second-order valence-electron chi connectivity index (χ2n) is 7.11. The number of benzene rings is 1. The van der Waals surface area contributed by atoms with Crippen molar-refractivity contribution in [2.24, 2.45) is 0 Å². The molecule has 1 saturated heterocycles. The molecular weight excluding hydrogens is 427 g/mol. The Morgan fingerprint density at radius 2 is 1.81 bits per heavy atom. The third-order valence-electron chi connectivity index (χ3n) is 5.02. The number of hydrogen-bond donors (Lipinski definition) is 2. The number of carbonyl (C=O) groups excluding carboxylic acids is 1. The van der Waals surface area contributed by atoms with Crippen LogP contribution in [0.15, 0.2) is 36.4 Å². The predicted molar refractivity (Wildman–Crippen MR) is 108 cm³/mol. The number of aromatic carboxylic acids is 1. The number of nitriles is 1. The zero-order chi connectivity index (χ0) is 23.3. The fourth-order valence-electron chi connectivity index (χ4n) is 3.40. The van der Waals surface area contributed by atoms with E-state index in [0.717, 1.165) is 5.56 Å². The van der Waals surface area contributed by atoms with E-state index in [2.05, 4.69) is 10.3 Å². The van der Waals surface area contributed by atoms with Gasteiger partial charge in [-0.25, -0.2) is 14.6 Å². The maximum atomic E-state index is 13.3. The van der Waals surface area contributed by atoms with Crippen LogP contribution in [0.1, 0.15) is 27.2 Å². The van der Waals surface area contributed by atoms with Gasteiger partial charge in [-0.3, -0.25) is 0 Å². The van der Waals surface area contributed by atoms with Crippen molar-refractivity contribution < 1.29 is 27.9 Å². The van der Waals surface area contributed by atoms with E-state index >= 15 is 0 Å². The summed E-state index contributed by atoms with van der Waals surface area (Å²) in [5, 5.41) is 21.2. The van der Waals surface area contributed by atoms with Gasteiger partial charge in [0.2, 0.25) is 0 Å². The van der Waals surface area contributed by atoms with E-state index in [9.17, 15) is 28.0 Å². The van der Waals surface area contributed by atoms with Crippen LogP contribution in [-0.2, 0) is 12.6 Å². The average Bonchev–Trinajstić information content (AvgIpc) is 2.78. The number of carboxylic acids is 1. The van der Waals surface area contributed by atoms with Crippen molar-refractivity contribution in [3.63, 3.8) is 0 Å².